The highest BCUT2D eigenvalue weighted by molar-refractivity contribution is 7.13. The van der Waals surface area contributed by atoms with E-state index in [0.29, 0.717) is 17.8 Å². The molecule has 0 bridgehead atoms. The van der Waals surface area contributed by atoms with Gasteiger partial charge in [0.25, 0.3) is 0 Å². The summed E-state index contributed by atoms with van der Waals surface area (Å²) in [4.78, 5) is 26.7. The standard InChI is InChI=1S/C14H14N2O3S/c1-8(17)15-11-5-3-4-10(6-11)7-12-13(14(18)19)20-9(2)16-12/h3-6H,7H2,1-2H3,(H,15,17)(H,18,19). The fourth-order valence-electron chi connectivity index (χ4n) is 1.91. The lowest BCUT2D eigenvalue weighted by Crippen LogP contribution is -2.06. The molecule has 2 N–H and O–H groups in total. The van der Waals surface area contributed by atoms with Crippen LogP contribution in [0.15, 0.2) is 24.3 Å². The van der Waals surface area contributed by atoms with Crippen LogP contribution in [0.25, 0.3) is 0 Å². The number of carboxylic acids is 1. The van der Waals surface area contributed by atoms with Crippen molar-refractivity contribution in [2.45, 2.75) is 20.3 Å². The lowest BCUT2D eigenvalue weighted by atomic mass is 10.1. The van der Waals surface area contributed by atoms with E-state index in [0.717, 1.165) is 10.6 Å². The van der Waals surface area contributed by atoms with Crippen molar-refractivity contribution in [3.8, 4) is 0 Å². The van der Waals surface area contributed by atoms with Gasteiger partial charge in [0.2, 0.25) is 5.91 Å². The van der Waals surface area contributed by atoms with Crippen molar-refractivity contribution in [2.75, 3.05) is 5.32 Å². The first-order valence-electron chi connectivity index (χ1n) is 6.02. The van der Waals surface area contributed by atoms with Crippen molar-refractivity contribution in [1.82, 2.24) is 4.98 Å². The van der Waals surface area contributed by atoms with Crippen LogP contribution in [-0.4, -0.2) is 22.0 Å². The zero-order chi connectivity index (χ0) is 14.7. The van der Waals surface area contributed by atoms with Crippen molar-refractivity contribution < 1.29 is 14.7 Å². The molecule has 2 rings (SSSR count). The zero-order valence-corrected chi connectivity index (χ0v) is 12.0. The number of nitrogens with zero attached hydrogens (tertiary/aromatic N) is 1. The number of anilines is 1. The van der Waals surface area contributed by atoms with Gasteiger partial charge >= 0.3 is 5.97 Å². The Bertz CT molecular complexity index is 664. The Morgan fingerprint density at radius 2 is 2.15 bits per heavy atom. The summed E-state index contributed by atoms with van der Waals surface area (Å²) in [5, 5.41) is 12.6. The number of thiazole rings is 1. The smallest absolute Gasteiger partial charge is 0.347 e. The predicted molar refractivity (Wildman–Crippen MR) is 77.4 cm³/mol. The number of hydrogen-bond acceptors (Lipinski definition) is 4. The monoisotopic (exact) mass is 290 g/mol. The lowest BCUT2D eigenvalue weighted by molar-refractivity contribution is -0.114. The maximum atomic E-state index is 11.2. The fraction of sp³-hybridized carbons (Fsp3) is 0.214. The molecule has 0 unspecified atom stereocenters. The summed E-state index contributed by atoms with van der Waals surface area (Å²) >= 11 is 1.18. The van der Waals surface area contributed by atoms with E-state index in [2.05, 4.69) is 10.3 Å². The second kappa shape index (κ2) is 5.83. The highest BCUT2D eigenvalue weighted by Gasteiger charge is 2.16. The van der Waals surface area contributed by atoms with Crippen molar-refractivity contribution in [3.05, 3.63) is 45.4 Å². The van der Waals surface area contributed by atoms with Crippen molar-refractivity contribution in [2.24, 2.45) is 0 Å². The van der Waals surface area contributed by atoms with Gasteiger partial charge in [0, 0.05) is 19.0 Å². The lowest BCUT2D eigenvalue weighted by Gasteiger charge is -2.05. The Morgan fingerprint density at radius 3 is 2.80 bits per heavy atom. The summed E-state index contributed by atoms with van der Waals surface area (Å²) in [6.07, 6.45) is 0.430. The van der Waals surface area contributed by atoms with Gasteiger partial charge in [-0.25, -0.2) is 9.78 Å². The van der Waals surface area contributed by atoms with E-state index in [9.17, 15) is 9.59 Å². The number of aryl methyl sites for hydroxylation is 1. The molecule has 2 aromatic rings. The molecule has 1 aromatic heterocycles. The minimum atomic E-state index is -0.955. The molecule has 0 fully saturated rings. The van der Waals surface area contributed by atoms with E-state index >= 15 is 0 Å². The molecule has 0 atom stereocenters. The molecular formula is C14H14N2O3S. The van der Waals surface area contributed by atoms with Crippen LogP contribution in [-0.2, 0) is 11.2 Å². The number of amides is 1. The topological polar surface area (TPSA) is 79.3 Å². The average Bonchev–Trinajstić information content (AvgIpc) is 2.70. The van der Waals surface area contributed by atoms with Crippen LogP contribution in [0.2, 0.25) is 0 Å². The van der Waals surface area contributed by atoms with Gasteiger partial charge in [0.1, 0.15) is 4.88 Å². The number of carboxylic acid groups (broad SMARTS) is 1. The Kier molecular flexibility index (Phi) is 4.14. The molecule has 20 heavy (non-hydrogen) atoms. The number of hydrogen-bond donors (Lipinski definition) is 2. The highest BCUT2D eigenvalue weighted by Crippen LogP contribution is 2.22. The zero-order valence-electron chi connectivity index (χ0n) is 11.1. The molecule has 1 amide bonds. The van der Waals surface area contributed by atoms with Gasteiger partial charge in [-0.15, -0.1) is 11.3 Å². The summed E-state index contributed by atoms with van der Waals surface area (Å²) < 4.78 is 0. The second-order valence-corrected chi connectivity index (χ2v) is 5.58. The van der Waals surface area contributed by atoms with E-state index in [1.807, 2.05) is 18.2 Å². The molecule has 1 aromatic carbocycles. The highest BCUT2D eigenvalue weighted by atomic mass is 32.1. The van der Waals surface area contributed by atoms with Gasteiger partial charge in [-0.1, -0.05) is 12.1 Å². The summed E-state index contributed by atoms with van der Waals surface area (Å²) in [5.74, 6) is -1.10. The van der Waals surface area contributed by atoms with Crippen LogP contribution in [0.4, 0.5) is 5.69 Å². The summed E-state index contributed by atoms with van der Waals surface area (Å²) in [6, 6.07) is 7.31. The normalized spacial score (nSPS) is 10.3. The molecule has 1 heterocycles. The Balaban J connectivity index is 2.26. The third kappa shape index (κ3) is 3.42. The van der Waals surface area contributed by atoms with Crippen LogP contribution in [0.1, 0.15) is 32.9 Å². The first-order valence-corrected chi connectivity index (χ1v) is 6.83. The predicted octanol–water partition coefficient (Wildman–Crippen LogP) is 2.70. The van der Waals surface area contributed by atoms with Gasteiger partial charge in [-0.3, -0.25) is 4.79 Å². The Morgan fingerprint density at radius 1 is 1.40 bits per heavy atom. The molecule has 104 valence electrons. The van der Waals surface area contributed by atoms with Gasteiger partial charge < -0.3 is 10.4 Å². The summed E-state index contributed by atoms with van der Waals surface area (Å²) in [7, 11) is 0. The molecule has 0 saturated carbocycles. The van der Waals surface area contributed by atoms with E-state index in [4.69, 9.17) is 5.11 Å². The molecule has 5 nitrogen and oxygen atoms in total. The van der Waals surface area contributed by atoms with E-state index in [1.54, 1.807) is 13.0 Å². The van der Waals surface area contributed by atoms with E-state index < -0.39 is 5.97 Å². The minimum absolute atomic E-state index is 0.141. The van der Waals surface area contributed by atoms with Gasteiger partial charge in [0.05, 0.1) is 10.7 Å². The molecule has 0 aliphatic carbocycles. The molecule has 0 radical (unpaired) electrons. The molecular weight excluding hydrogens is 276 g/mol. The van der Waals surface area contributed by atoms with Crippen molar-refractivity contribution in [1.29, 1.82) is 0 Å². The molecule has 0 aliphatic rings. The van der Waals surface area contributed by atoms with Crippen LogP contribution >= 0.6 is 11.3 Å². The number of carbonyl (C=O) groups is 2. The van der Waals surface area contributed by atoms with Gasteiger partial charge in [-0.2, -0.15) is 0 Å². The quantitative estimate of drug-likeness (QED) is 0.907. The number of aromatic nitrogens is 1. The van der Waals surface area contributed by atoms with Gasteiger partial charge in [-0.05, 0) is 24.6 Å². The maximum Gasteiger partial charge on any atom is 0.347 e. The number of benzene rings is 1. The van der Waals surface area contributed by atoms with Crippen molar-refractivity contribution in [3.63, 3.8) is 0 Å². The summed E-state index contributed by atoms with van der Waals surface area (Å²) in [5.41, 5.74) is 2.16. The maximum absolute atomic E-state index is 11.2. The first-order chi connectivity index (χ1) is 9.45. The molecule has 0 spiro atoms. The van der Waals surface area contributed by atoms with E-state index in [-0.39, 0.29) is 10.8 Å². The minimum Gasteiger partial charge on any atom is -0.477 e. The van der Waals surface area contributed by atoms with Crippen LogP contribution in [0, 0.1) is 6.92 Å². The first kappa shape index (κ1) is 14.2. The average molecular weight is 290 g/mol. The SMILES string of the molecule is CC(=O)Nc1cccc(Cc2nc(C)sc2C(=O)O)c1. The number of nitrogens with one attached hydrogen (secondary N) is 1. The Labute approximate surface area is 120 Å². The van der Waals surface area contributed by atoms with Crippen molar-refractivity contribution >= 4 is 28.9 Å². The van der Waals surface area contributed by atoms with Crippen LogP contribution in [0.5, 0.6) is 0 Å². The number of rotatable bonds is 4. The Hall–Kier alpha value is -2.21. The second-order valence-electron chi connectivity index (χ2n) is 4.37. The largest absolute Gasteiger partial charge is 0.477 e. The van der Waals surface area contributed by atoms with Crippen LogP contribution in [0.3, 0.4) is 0 Å². The molecule has 6 heteroatoms. The van der Waals surface area contributed by atoms with E-state index in [1.165, 1.54) is 18.3 Å². The summed E-state index contributed by atoms with van der Waals surface area (Å²) in [6.45, 7) is 3.23. The third-order valence-corrected chi connectivity index (χ3v) is 3.62. The third-order valence-electron chi connectivity index (χ3n) is 2.62. The molecule has 0 saturated heterocycles. The van der Waals surface area contributed by atoms with Gasteiger partial charge in [0.15, 0.2) is 0 Å². The number of aromatic carboxylic acids is 1. The fourth-order valence-corrected chi connectivity index (χ4v) is 2.69. The molecule has 0 aliphatic heterocycles. The number of carbonyl (C=O) groups excluding carboxylic acids is 1. The van der Waals surface area contributed by atoms with Crippen LogP contribution < -0.4 is 5.32 Å².